The molecule has 0 N–H and O–H groups in total. The van der Waals surface area contributed by atoms with Gasteiger partial charge < -0.3 is 9.14 Å². The third-order valence-electron chi connectivity index (χ3n) is 2.10. The van der Waals surface area contributed by atoms with Gasteiger partial charge in [-0.05, 0) is 12.1 Å². The average molecular weight is 211 g/mol. The van der Waals surface area contributed by atoms with Crippen molar-refractivity contribution >= 4 is 17.1 Å². The van der Waals surface area contributed by atoms with E-state index in [1.807, 2.05) is 28.9 Å². The molecule has 2 heterocycles. The molecule has 0 atom stereocenters. The zero-order valence-corrected chi connectivity index (χ0v) is 8.66. The van der Waals surface area contributed by atoms with E-state index in [1.165, 1.54) is 0 Å². The normalized spacial score (nSPS) is 11.0. The predicted octanol–water partition coefficient (Wildman–Crippen LogP) is 2.18. The molecule has 0 aliphatic rings. The van der Waals surface area contributed by atoms with Gasteiger partial charge in [0, 0.05) is 24.8 Å². The van der Waals surface area contributed by atoms with Crippen LogP contribution in [0, 0.1) is 0 Å². The van der Waals surface area contributed by atoms with Gasteiger partial charge in [0.1, 0.15) is 5.82 Å². The Hall–Kier alpha value is -1.06. The molecule has 0 fully saturated rings. The molecule has 0 unspecified atom stereocenters. The van der Waals surface area contributed by atoms with Gasteiger partial charge in [0.25, 0.3) is 0 Å². The van der Waals surface area contributed by atoms with Crippen LogP contribution in [0.3, 0.4) is 0 Å². The minimum atomic E-state index is 0.682. The number of rotatable bonds is 3. The molecule has 0 aliphatic carbocycles. The molecule has 4 heteroatoms. The van der Waals surface area contributed by atoms with Gasteiger partial charge in [-0.3, -0.25) is 0 Å². The third kappa shape index (κ3) is 1.74. The maximum absolute atomic E-state index is 5.87. The second-order valence-electron chi connectivity index (χ2n) is 3.06. The predicted molar refractivity (Wildman–Crippen MR) is 55.8 cm³/mol. The Kier molecular flexibility index (Phi) is 2.70. The van der Waals surface area contributed by atoms with Crippen LogP contribution in [0.4, 0.5) is 0 Å². The Morgan fingerprint density at radius 1 is 1.57 bits per heavy atom. The minimum Gasteiger partial charge on any atom is -0.384 e. The summed E-state index contributed by atoms with van der Waals surface area (Å²) in [6, 6.07) is 3.75. The standard InChI is InChI=1S/C10H11ClN2O/c1-14-5-3-10-12-7-9-6-8(11)2-4-13(9)10/h2,4,6-7H,3,5H2,1H3. The molecule has 0 radical (unpaired) electrons. The smallest absolute Gasteiger partial charge is 0.115 e. The van der Waals surface area contributed by atoms with E-state index in [0.717, 1.165) is 22.8 Å². The van der Waals surface area contributed by atoms with Crippen LogP contribution >= 0.6 is 11.6 Å². The van der Waals surface area contributed by atoms with Crippen molar-refractivity contribution < 1.29 is 4.74 Å². The Labute approximate surface area is 87.3 Å². The number of imidazole rings is 1. The van der Waals surface area contributed by atoms with Crippen LogP contribution in [0.2, 0.25) is 5.02 Å². The number of methoxy groups -OCH3 is 1. The molecule has 0 bridgehead atoms. The van der Waals surface area contributed by atoms with E-state index in [4.69, 9.17) is 16.3 Å². The SMILES string of the molecule is COCCc1ncc2cc(Cl)ccn12. The zero-order chi connectivity index (χ0) is 9.97. The van der Waals surface area contributed by atoms with Crippen molar-refractivity contribution in [1.82, 2.24) is 9.38 Å². The maximum Gasteiger partial charge on any atom is 0.115 e. The second-order valence-corrected chi connectivity index (χ2v) is 3.49. The molecule has 0 saturated heterocycles. The largest absolute Gasteiger partial charge is 0.384 e. The molecule has 74 valence electrons. The Bertz CT molecular complexity index is 439. The molecule has 14 heavy (non-hydrogen) atoms. The summed E-state index contributed by atoms with van der Waals surface area (Å²) >= 11 is 5.87. The van der Waals surface area contributed by atoms with E-state index in [2.05, 4.69) is 4.98 Å². The Morgan fingerprint density at radius 2 is 2.43 bits per heavy atom. The van der Waals surface area contributed by atoms with Gasteiger partial charge in [0.15, 0.2) is 0 Å². The van der Waals surface area contributed by atoms with Crippen molar-refractivity contribution in [2.45, 2.75) is 6.42 Å². The molecule has 2 aromatic rings. The molecular weight excluding hydrogens is 200 g/mol. The lowest BCUT2D eigenvalue weighted by atomic mass is 10.4. The fourth-order valence-electron chi connectivity index (χ4n) is 1.41. The number of pyridine rings is 1. The number of nitrogens with zero attached hydrogens (tertiary/aromatic N) is 2. The molecule has 0 aromatic carbocycles. The van der Waals surface area contributed by atoms with Crippen LogP contribution in [0.25, 0.3) is 5.52 Å². The second kappa shape index (κ2) is 3.98. The summed E-state index contributed by atoms with van der Waals surface area (Å²) in [7, 11) is 1.69. The van der Waals surface area contributed by atoms with Crippen molar-refractivity contribution in [1.29, 1.82) is 0 Å². The molecule has 0 aliphatic heterocycles. The molecule has 2 aromatic heterocycles. The van der Waals surface area contributed by atoms with Gasteiger partial charge in [-0.25, -0.2) is 4.98 Å². The van der Waals surface area contributed by atoms with Crippen molar-refractivity contribution in [3.05, 3.63) is 35.4 Å². The first-order valence-electron chi connectivity index (χ1n) is 4.41. The molecule has 0 spiro atoms. The van der Waals surface area contributed by atoms with Crippen molar-refractivity contribution in [3.63, 3.8) is 0 Å². The summed E-state index contributed by atoms with van der Waals surface area (Å²) in [5.41, 5.74) is 1.02. The van der Waals surface area contributed by atoms with Crippen LogP contribution in [0.1, 0.15) is 5.82 Å². The number of fused-ring (bicyclic) bond motifs is 1. The lowest BCUT2D eigenvalue weighted by Crippen LogP contribution is -1.99. The van der Waals surface area contributed by atoms with E-state index in [0.29, 0.717) is 6.61 Å². The van der Waals surface area contributed by atoms with Crippen LogP contribution in [0.5, 0.6) is 0 Å². The number of hydrogen-bond acceptors (Lipinski definition) is 2. The Balaban J connectivity index is 2.37. The molecule has 0 saturated carbocycles. The van der Waals surface area contributed by atoms with Gasteiger partial charge in [-0.2, -0.15) is 0 Å². The Morgan fingerprint density at radius 3 is 3.21 bits per heavy atom. The van der Waals surface area contributed by atoms with Crippen LogP contribution in [0.15, 0.2) is 24.5 Å². The fraction of sp³-hybridized carbons (Fsp3) is 0.300. The van der Waals surface area contributed by atoms with Gasteiger partial charge in [-0.15, -0.1) is 0 Å². The fourth-order valence-corrected chi connectivity index (χ4v) is 1.57. The number of halogens is 1. The number of ether oxygens (including phenoxy) is 1. The lowest BCUT2D eigenvalue weighted by molar-refractivity contribution is 0.200. The summed E-state index contributed by atoms with van der Waals surface area (Å²) in [5.74, 6) is 0.999. The zero-order valence-electron chi connectivity index (χ0n) is 7.90. The third-order valence-corrected chi connectivity index (χ3v) is 2.34. The van der Waals surface area contributed by atoms with Gasteiger partial charge >= 0.3 is 0 Å². The van der Waals surface area contributed by atoms with E-state index < -0.39 is 0 Å². The first kappa shape index (κ1) is 9.49. The van der Waals surface area contributed by atoms with Gasteiger partial charge in [-0.1, -0.05) is 11.6 Å². The van der Waals surface area contributed by atoms with E-state index in [1.54, 1.807) is 7.11 Å². The maximum atomic E-state index is 5.87. The van der Waals surface area contributed by atoms with E-state index in [9.17, 15) is 0 Å². The summed E-state index contributed by atoms with van der Waals surface area (Å²) in [6.07, 6.45) is 4.55. The van der Waals surface area contributed by atoms with Crippen molar-refractivity contribution in [2.75, 3.05) is 13.7 Å². The summed E-state index contributed by atoms with van der Waals surface area (Å²) in [6.45, 7) is 0.682. The first-order valence-corrected chi connectivity index (χ1v) is 4.79. The first-order chi connectivity index (χ1) is 6.81. The van der Waals surface area contributed by atoms with Crippen LogP contribution in [-0.4, -0.2) is 23.1 Å². The lowest BCUT2D eigenvalue weighted by Gasteiger charge is -2.00. The molecule has 3 nitrogen and oxygen atoms in total. The minimum absolute atomic E-state index is 0.682. The van der Waals surface area contributed by atoms with Crippen molar-refractivity contribution in [3.8, 4) is 0 Å². The van der Waals surface area contributed by atoms with Gasteiger partial charge in [0.05, 0.1) is 18.3 Å². The summed E-state index contributed by atoms with van der Waals surface area (Å²) < 4.78 is 7.03. The quantitative estimate of drug-likeness (QED) is 0.777. The van der Waals surface area contributed by atoms with Crippen LogP contribution < -0.4 is 0 Å². The van der Waals surface area contributed by atoms with Gasteiger partial charge in [0.2, 0.25) is 0 Å². The highest BCUT2D eigenvalue weighted by Crippen LogP contribution is 2.13. The van der Waals surface area contributed by atoms with E-state index in [-0.39, 0.29) is 0 Å². The number of aromatic nitrogens is 2. The monoisotopic (exact) mass is 210 g/mol. The summed E-state index contributed by atoms with van der Waals surface area (Å²) in [5, 5.41) is 0.732. The van der Waals surface area contributed by atoms with Crippen molar-refractivity contribution in [2.24, 2.45) is 0 Å². The molecule has 2 rings (SSSR count). The average Bonchev–Trinajstić information content (AvgIpc) is 2.57. The highest BCUT2D eigenvalue weighted by molar-refractivity contribution is 6.30. The molecular formula is C10H11ClN2O. The van der Waals surface area contributed by atoms with E-state index >= 15 is 0 Å². The topological polar surface area (TPSA) is 26.5 Å². The summed E-state index contributed by atoms with van der Waals surface area (Å²) in [4.78, 5) is 4.30. The van der Waals surface area contributed by atoms with Crippen LogP contribution in [-0.2, 0) is 11.2 Å². The number of hydrogen-bond donors (Lipinski definition) is 0. The highest BCUT2D eigenvalue weighted by atomic mass is 35.5. The molecule has 0 amide bonds. The highest BCUT2D eigenvalue weighted by Gasteiger charge is 2.02.